The molecule has 0 spiro atoms. The minimum Gasteiger partial charge on any atom is -0.492 e. The highest BCUT2D eigenvalue weighted by Crippen LogP contribution is 2.45. The van der Waals surface area contributed by atoms with Crippen LogP contribution in [-0.2, 0) is 14.4 Å². The van der Waals surface area contributed by atoms with Crippen molar-refractivity contribution in [3.8, 4) is 5.75 Å². The zero-order valence-corrected chi connectivity index (χ0v) is 22.9. The molecule has 2 aliphatic carbocycles. The van der Waals surface area contributed by atoms with Crippen LogP contribution in [0.2, 0.25) is 0 Å². The number of benzene rings is 1. The van der Waals surface area contributed by atoms with Crippen LogP contribution in [0, 0.1) is 11.7 Å². The van der Waals surface area contributed by atoms with Crippen molar-refractivity contribution in [3.63, 3.8) is 0 Å². The SMILES string of the molecule is COc1c(N2CC3CCCN(C(C)=O)C3C2)c(F)cc2c(=O)c(C(=O)/C=C/C3=CC(=O)C(=O)C=C3)cn(C3CC3)c12. The standard InChI is InChI=1S/C31H30FN3O6/c1-17(36)34-11-3-4-19-14-33(16-24(19)34)29-23(32)13-21-28(31(29)41-2)35(20-7-8-20)15-22(30(21)40)25(37)9-5-18-6-10-26(38)27(39)12-18/h5-6,9-10,12-13,15,19-20,24H,3-4,7-8,11,14,16H2,1-2H3/b9-5+. The van der Waals surface area contributed by atoms with Crippen LogP contribution < -0.4 is 15.1 Å². The lowest BCUT2D eigenvalue weighted by Gasteiger charge is -2.36. The molecule has 1 aromatic heterocycles. The number of anilines is 1. The van der Waals surface area contributed by atoms with E-state index in [0.29, 0.717) is 30.7 Å². The van der Waals surface area contributed by atoms with Crippen molar-refractivity contribution in [1.82, 2.24) is 9.47 Å². The number of pyridine rings is 1. The monoisotopic (exact) mass is 559 g/mol. The summed E-state index contributed by atoms with van der Waals surface area (Å²) in [5.41, 5.74) is 0.325. The van der Waals surface area contributed by atoms with Gasteiger partial charge in [-0.05, 0) is 61.5 Å². The van der Waals surface area contributed by atoms with Crippen LogP contribution in [0.5, 0.6) is 5.75 Å². The van der Waals surface area contributed by atoms with E-state index in [0.717, 1.165) is 37.8 Å². The van der Waals surface area contributed by atoms with Gasteiger partial charge in [0.25, 0.3) is 0 Å². The van der Waals surface area contributed by atoms with Gasteiger partial charge in [0.2, 0.25) is 22.9 Å². The van der Waals surface area contributed by atoms with Crippen LogP contribution >= 0.6 is 0 Å². The van der Waals surface area contributed by atoms with E-state index in [9.17, 15) is 24.0 Å². The molecule has 2 unspecified atom stereocenters. The Bertz CT molecular complexity index is 1660. The zero-order valence-electron chi connectivity index (χ0n) is 22.9. The summed E-state index contributed by atoms with van der Waals surface area (Å²) in [6.45, 7) is 3.29. The number of carbonyl (C=O) groups excluding carboxylic acids is 4. The van der Waals surface area contributed by atoms with Gasteiger partial charge in [-0.15, -0.1) is 0 Å². The topological polar surface area (TPSA) is 106 Å². The number of ketones is 3. The highest BCUT2D eigenvalue weighted by Gasteiger charge is 2.42. The minimum absolute atomic E-state index is 0.0113. The van der Waals surface area contributed by atoms with Crippen molar-refractivity contribution in [3.05, 3.63) is 69.8 Å². The third-order valence-electron chi connectivity index (χ3n) is 8.50. The first-order valence-electron chi connectivity index (χ1n) is 13.9. The Kier molecular flexibility index (Phi) is 6.71. The summed E-state index contributed by atoms with van der Waals surface area (Å²) in [5.74, 6) is -2.08. The quantitative estimate of drug-likeness (QED) is 0.231. The normalized spacial score (nSPS) is 22.5. The minimum atomic E-state index is -0.689. The van der Waals surface area contributed by atoms with Crippen molar-refractivity contribution < 1.29 is 28.3 Å². The Morgan fingerprint density at radius 2 is 1.85 bits per heavy atom. The number of likely N-dealkylation sites (tertiary alicyclic amines) is 1. The van der Waals surface area contributed by atoms with E-state index in [1.807, 2.05) is 14.4 Å². The van der Waals surface area contributed by atoms with E-state index in [-0.39, 0.29) is 46.3 Å². The van der Waals surface area contributed by atoms with Crippen LogP contribution in [0.1, 0.15) is 49.0 Å². The second-order valence-corrected chi connectivity index (χ2v) is 11.1. The smallest absolute Gasteiger partial charge is 0.226 e. The van der Waals surface area contributed by atoms with Gasteiger partial charge in [-0.3, -0.25) is 24.0 Å². The molecule has 0 radical (unpaired) electrons. The van der Waals surface area contributed by atoms with Gasteiger partial charge in [-0.1, -0.05) is 12.2 Å². The van der Waals surface area contributed by atoms with Gasteiger partial charge in [0.05, 0.1) is 29.6 Å². The molecular formula is C31H30FN3O6. The Morgan fingerprint density at radius 3 is 2.54 bits per heavy atom. The fraction of sp³-hybridized carbons (Fsp3) is 0.387. The summed E-state index contributed by atoms with van der Waals surface area (Å²) >= 11 is 0. The van der Waals surface area contributed by atoms with E-state index in [4.69, 9.17) is 4.74 Å². The first-order valence-corrected chi connectivity index (χ1v) is 13.9. The molecule has 3 heterocycles. The Morgan fingerprint density at radius 1 is 1.07 bits per heavy atom. The maximum atomic E-state index is 15.9. The molecule has 41 heavy (non-hydrogen) atoms. The molecule has 1 aromatic carbocycles. The van der Waals surface area contributed by atoms with E-state index in [1.165, 1.54) is 37.6 Å². The van der Waals surface area contributed by atoms with Gasteiger partial charge in [0.1, 0.15) is 5.69 Å². The number of hydrogen-bond donors (Lipinski definition) is 0. The number of aromatic nitrogens is 1. The van der Waals surface area contributed by atoms with Crippen LogP contribution in [0.4, 0.5) is 10.1 Å². The number of allylic oxidation sites excluding steroid dienone is 6. The molecular weight excluding hydrogens is 529 g/mol. The molecule has 2 atom stereocenters. The summed E-state index contributed by atoms with van der Waals surface area (Å²) in [4.78, 5) is 65.9. The number of methoxy groups -OCH3 is 1. The van der Waals surface area contributed by atoms with Crippen molar-refractivity contribution in [2.24, 2.45) is 5.92 Å². The third kappa shape index (κ3) is 4.71. The van der Waals surface area contributed by atoms with Gasteiger partial charge < -0.3 is 19.1 Å². The number of piperidine rings is 1. The highest BCUT2D eigenvalue weighted by molar-refractivity contribution is 6.46. The van der Waals surface area contributed by atoms with Gasteiger partial charge in [-0.2, -0.15) is 0 Å². The van der Waals surface area contributed by atoms with E-state index in [1.54, 1.807) is 6.92 Å². The number of amides is 1. The summed E-state index contributed by atoms with van der Waals surface area (Å²) < 4.78 is 23.6. The number of halogens is 1. The Labute approximate surface area is 235 Å². The molecule has 0 bridgehead atoms. The number of carbonyl (C=O) groups is 4. The first-order chi connectivity index (χ1) is 19.7. The number of rotatable bonds is 6. The van der Waals surface area contributed by atoms with Crippen molar-refractivity contribution >= 4 is 39.8 Å². The lowest BCUT2D eigenvalue weighted by molar-refractivity contribution is -0.132. The van der Waals surface area contributed by atoms with E-state index < -0.39 is 28.6 Å². The van der Waals surface area contributed by atoms with Crippen molar-refractivity contribution in [1.29, 1.82) is 0 Å². The largest absolute Gasteiger partial charge is 0.492 e. The molecule has 6 rings (SSSR count). The summed E-state index contributed by atoms with van der Waals surface area (Å²) in [7, 11) is 1.45. The van der Waals surface area contributed by atoms with Gasteiger partial charge in [-0.25, -0.2) is 4.39 Å². The molecule has 2 saturated heterocycles. The lowest BCUT2D eigenvalue weighted by Crippen LogP contribution is -2.47. The maximum Gasteiger partial charge on any atom is 0.226 e. The molecule has 2 aromatic rings. The van der Waals surface area contributed by atoms with Gasteiger partial charge in [0, 0.05) is 38.8 Å². The molecule has 10 heteroatoms. The molecule has 212 valence electrons. The van der Waals surface area contributed by atoms with Crippen molar-refractivity contribution in [2.75, 3.05) is 31.6 Å². The summed E-state index contributed by atoms with van der Waals surface area (Å²) in [5, 5.41) is 0.0498. The molecule has 1 amide bonds. The fourth-order valence-electron chi connectivity index (χ4n) is 6.39. The number of hydrogen-bond acceptors (Lipinski definition) is 7. The second-order valence-electron chi connectivity index (χ2n) is 11.1. The number of nitrogens with zero attached hydrogens (tertiary/aromatic N) is 3. The lowest BCUT2D eigenvalue weighted by atomic mass is 9.92. The molecule has 3 fully saturated rings. The third-order valence-corrected chi connectivity index (χ3v) is 8.50. The molecule has 4 aliphatic rings. The predicted molar refractivity (Wildman–Crippen MR) is 150 cm³/mol. The molecule has 9 nitrogen and oxygen atoms in total. The fourth-order valence-corrected chi connectivity index (χ4v) is 6.39. The average Bonchev–Trinajstić information content (AvgIpc) is 3.70. The van der Waals surface area contributed by atoms with E-state index in [2.05, 4.69) is 0 Å². The van der Waals surface area contributed by atoms with Crippen LogP contribution in [-0.4, -0.2) is 65.5 Å². The van der Waals surface area contributed by atoms with Crippen LogP contribution in [0.25, 0.3) is 10.9 Å². The Balaban J connectivity index is 1.42. The zero-order chi connectivity index (χ0) is 29.0. The van der Waals surface area contributed by atoms with Crippen LogP contribution in [0.3, 0.4) is 0 Å². The molecule has 0 N–H and O–H groups in total. The van der Waals surface area contributed by atoms with Gasteiger partial charge >= 0.3 is 0 Å². The first kappa shape index (κ1) is 26.9. The second kappa shape index (κ2) is 10.2. The maximum absolute atomic E-state index is 15.9. The number of ether oxygens (including phenoxy) is 1. The molecule has 2 aliphatic heterocycles. The average molecular weight is 560 g/mol. The van der Waals surface area contributed by atoms with Crippen LogP contribution in [0.15, 0.2) is 53.0 Å². The van der Waals surface area contributed by atoms with E-state index >= 15 is 4.39 Å². The van der Waals surface area contributed by atoms with Crippen molar-refractivity contribution in [2.45, 2.75) is 44.7 Å². The summed E-state index contributed by atoms with van der Waals surface area (Å²) in [6.07, 6.45) is 11.3. The number of fused-ring (bicyclic) bond motifs is 2. The highest BCUT2D eigenvalue weighted by atomic mass is 19.1. The van der Waals surface area contributed by atoms with Gasteiger partial charge in [0.15, 0.2) is 17.3 Å². The predicted octanol–water partition coefficient (Wildman–Crippen LogP) is 3.30. The molecule has 1 saturated carbocycles. The summed E-state index contributed by atoms with van der Waals surface area (Å²) in [6, 6.07) is 1.21. The Hall–Kier alpha value is -4.34.